The van der Waals surface area contributed by atoms with Crippen LogP contribution in [0.3, 0.4) is 0 Å². The molecule has 0 aliphatic heterocycles. The van der Waals surface area contributed by atoms with Crippen LogP contribution < -0.4 is 0 Å². The molecule has 100 valence electrons. The molecule has 19 heavy (non-hydrogen) atoms. The summed E-state index contributed by atoms with van der Waals surface area (Å²) in [6.45, 7) is 0.421. The van der Waals surface area contributed by atoms with Crippen LogP contribution in [0.15, 0.2) is 24.4 Å². The van der Waals surface area contributed by atoms with Crippen molar-refractivity contribution >= 4 is 39.9 Å². The average molecular weight is 296 g/mol. The summed E-state index contributed by atoms with van der Waals surface area (Å²) in [6.07, 6.45) is 6.36. The SMILES string of the molecule is O=C(Cn1ccc2c(Cl)cc(Cl)cc21)C1CCCC1. The fourth-order valence-electron chi connectivity index (χ4n) is 2.90. The van der Waals surface area contributed by atoms with E-state index in [4.69, 9.17) is 23.2 Å². The van der Waals surface area contributed by atoms with Gasteiger partial charge in [0.15, 0.2) is 5.78 Å². The average Bonchev–Trinajstić information content (AvgIpc) is 2.99. The number of fused-ring (bicyclic) bond motifs is 1. The highest BCUT2D eigenvalue weighted by atomic mass is 35.5. The number of carbonyl (C=O) groups excluding carboxylic acids is 1. The maximum Gasteiger partial charge on any atom is 0.155 e. The highest BCUT2D eigenvalue weighted by Gasteiger charge is 2.23. The van der Waals surface area contributed by atoms with Gasteiger partial charge in [-0.15, -0.1) is 0 Å². The van der Waals surface area contributed by atoms with E-state index in [0.717, 1.165) is 23.7 Å². The number of Topliss-reactive ketones (excluding diaryl/α,β-unsaturated/α-hetero) is 1. The van der Waals surface area contributed by atoms with Gasteiger partial charge in [0.1, 0.15) is 0 Å². The Kier molecular flexibility index (Phi) is 3.55. The quantitative estimate of drug-likeness (QED) is 0.804. The van der Waals surface area contributed by atoms with Crippen molar-refractivity contribution in [2.75, 3.05) is 0 Å². The van der Waals surface area contributed by atoms with Gasteiger partial charge < -0.3 is 4.57 Å². The molecule has 0 amide bonds. The Bertz CT molecular complexity index is 626. The molecule has 2 nitrogen and oxygen atoms in total. The van der Waals surface area contributed by atoms with Gasteiger partial charge in [-0.2, -0.15) is 0 Å². The molecule has 4 heteroatoms. The molecular weight excluding hydrogens is 281 g/mol. The third-order valence-corrected chi connectivity index (χ3v) is 4.47. The number of benzene rings is 1. The maximum absolute atomic E-state index is 12.2. The lowest BCUT2D eigenvalue weighted by molar-refractivity contribution is -0.123. The first-order chi connectivity index (χ1) is 9.15. The second-order valence-electron chi connectivity index (χ2n) is 5.21. The van der Waals surface area contributed by atoms with Gasteiger partial charge in [-0.05, 0) is 31.0 Å². The molecular formula is C15H15Cl2NO. The van der Waals surface area contributed by atoms with Crippen LogP contribution >= 0.6 is 23.2 Å². The molecule has 1 aromatic heterocycles. The van der Waals surface area contributed by atoms with Crippen LogP contribution in [0, 0.1) is 5.92 Å². The molecule has 1 saturated carbocycles. The second-order valence-corrected chi connectivity index (χ2v) is 6.06. The van der Waals surface area contributed by atoms with Gasteiger partial charge in [0.25, 0.3) is 0 Å². The maximum atomic E-state index is 12.2. The van der Waals surface area contributed by atoms with Crippen LogP contribution in [-0.4, -0.2) is 10.4 Å². The predicted octanol–water partition coefficient (Wildman–Crippen LogP) is 4.71. The molecule has 0 unspecified atom stereocenters. The summed E-state index contributed by atoms with van der Waals surface area (Å²) < 4.78 is 1.95. The van der Waals surface area contributed by atoms with Crippen LogP contribution in [0.4, 0.5) is 0 Å². The third kappa shape index (κ3) is 2.52. The van der Waals surface area contributed by atoms with Crippen LogP contribution in [-0.2, 0) is 11.3 Å². The molecule has 0 radical (unpaired) electrons. The van der Waals surface area contributed by atoms with E-state index in [1.807, 2.05) is 22.9 Å². The lowest BCUT2D eigenvalue weighted by Crippen LogP contribution is -2.17. The Hall–Kier alpha value is -0.990. The number of rotatable bonds is 3. The summed E-state index contributed by atoms with van der Waals surface area (Å²) in [5.41, 5.74) is 0.934. The Morgan fingerprint density at radius 3 is 2.74 bits per heavy atom. The molecule has 0 spiro atoms. The lowest BCUT2D eigenvalue weighted by atomic mass is 10.0. The molecule has 0 N–H and O–H groups in total. The first-order valence-corrected chi connectivity index (χ1v) is 7.37. The monoisotopic (exact) mass is 295 g/mol. The first-order valence-electron chi connectivity index (χ1n) is 6.62. The van der Waals surface area contributed by atoms with Crippen molar-refractivity contribution in [3.8, 4) is 0 Å². The second kappa shape index (κ2) is 5.18. The molecule has 1 aliphatic rings. The van der Waals surface area contributed by atoms with E-state index in [2.05, 4.69) is 0 Å². The van der Waals surface area contributed by atoms with E-state index >= 15 is 0 Å². The highest BCUT2D eigenvalue weighted by Crippen LogP contribution is 2.30. The van der Waals surface area contributed by atoms with Gasteiger partial charge in [-0.3, -0.25) is 4.79 Å². The van der Waals surface area contributed by atoms with Crippen molar-refractivity contribution in [1.29, 1.82) is 0 Å². The summed E-state index contributed by atoms with van der Waals surface area (Å²) in [5.74, 6) is 0.568. The van der Waals surface area contributed by atoms with E-state index < -0.39 is 0 Å². The molecule has 0 bridgehead atoms. The van der Waals surface area contributed by atoms with Crippen LogP contribution in [0.25, 0.3) is 10.9 Å². The van der Waals surface area contributed by atoms with Crippen molar-refractivity contribution in [3.63, 3.8) is 0 Å². The van der Waals surface area contributed by atoms with Crippen molar-refractivity contribution in [3.05, 3.63) is 34.4 Å². The minimum absolute atomic E-state index is 0.243. The topological polar surface area (TPSA) is 22.0 Å². The van der Waals surface area contributed by atoms with E-state index in [9.17, 15) is 4.79 Å². The number of hydrogen-bond acceptors (Lipinski definition) is 1. The first kappa shape index (κ1) is 13.0. The van der Waals surface area contributed by atoms with E-state index in [1.54, 1.807) is 6.07 Å². The predicted molar refractivity (Wildman–Crippen MR) is 78.9 cm³/mol. The molecule has 1 aromatic carbocycles. The number of halogens is 2. The zero-order chi connectivity index (χ0) is 13.4. The van der Waals surface area contributed by atoms with Crippen LogP contribution in [0.5, 0.6) is 0 Å². The van der Waals surface area contributed by atoms with Crippen molar-refractivity contribution in [2.24, 2.45) is 5.92 Å². The number of aromatic nitrogens is 1. The largest absolute Gasteiger partial charge is 0.340 e. The van der Waals surface area contributed by atoms with Gasteiger partial charge >= 0.3 is 0 Å². The summed E-state index contributed by atoms with van der Waals surface area (Å²) in [6, 6.07) is 5.54. The van der Waals surface area contributed by atoms with E-state index in [-0.39, 0.29) is 5.92 Å². The lowest BCUT2D eigenvalue weighted by Gasteiger charge is -2.10. The minimum Gasteiger partial charge on any atom is -0.340 e. The normalized spacial score (nSPS) is 16.3. The van der Waals surface area contributed by atoms with Crippen LogP contribution in [0.1, 0.15) is 25.7 Å². The number of nitrogens with zero attached hydrogens (tertiary/aromatic N) is 1. The molecule has 1 aliphatic carbocycles. The summed E-state index contributed by atoms with van der Waals surface area (Å²) >= 11 is 12.2. The summed E-state index contributed by atoms with van der Waals surface area (Å²) in [4.78, 5) is 12.2. The van der Waals surface area contributed by atoms with Gasteiger partial charge in [0.2, 0.25) is 0 Å². The molecule has 3 rings (SSSR count). The van der Waals surface area contributed by atoms with Crippen molar-refractivity contribution in [1.82, 2.24) is 4.57 Å². The summed E-state index contributed by atoms with van der Waals surface area (Å²) in [7, 11) is 0. The molecule has 2 aromatic rings. The minimum atomic E-state index is 0.243. The third-order valence-electron chi connectivity index (χ3n) is 3.94. The number of carbonyl (C=O) groups is 1. The zero-order valence-electron chi connectivity index (χ0n) is 10.5. The summed E-state index contributed by atoms with van der Waals surface area (Å²) in [5, 5.41) is 2.19. The Morgan fingerprint density at radius 2 is 2.00 bits per heavy atom. The van der Waals surface area contributed by atoms with E-state index in [0.29, 0.717) is 22.4 Å². The van der Waals surface area contributed by atoms with Crippen molar-refractivity contribution < 1.29 is 4.79 Å². The standard InChI is InChI=1S/C15H15Cl2NO/c16-11-7-13(17)12-5-6-18(14(12)8-11)9-15(19)10-3-1-2-4-10/h5-8,10H,1-4,9H2. The van der Waals surface area contributed by atoms with Crippen LogP contribution in [0.2, 0.25) is 10.0 Å². The fraction of sp³-hybridized carbons (Fsp3) is 0.400. The molecule has 0 saturated heterocycles. The van der Waals surface area contributed by atoms with Gasteiger partial charge in [0, 0.05) is 22.5 Å². The molecule has 1 heterocycles. The van der Waals surface area contributed by atoms with Gasteiger partial charge in [-0.1, -0.05) is 36.0 Å². The fourth-order valence-corrected chi connectivity index (χ4v) is 3.45. The Labute approximate surface area is 122 Å². The van der Waals surface area contributed by atoms with E-state index in [1.165, 1.54) is 12.8 Å². The van der Waals surface area contributed by atoms with Gasteiger partial charge in [0.05, 0.1) is 17.1 Å². The number of hydrogen-bond donors (Lipinski definition) is 0. The molecule has 1 fully saturated rings. The zero-order valence-corrected chi connectivity index (χ0v) is 12.0. The highest BCUT2D eigenvalue weighted by molar-refractivity contribution is 6.38. The Morgan fingerprint density at radius 1 is 1.26 bits per heavy atom. The smallest absolute Gasteiger partial charge is 0.155 e. The van der Waals surface area contributed by atoms with Crippen molar-refractivity contribution in [2.45, 2.75) is 32.2 Å². The van der Waals surface area contributed by atoms with Gasteiger partial charge in [-0.25, -0.2) is 0 Å². The number of ketones is 1. The molecule has 0 atom stereocenters. The Balaban J connectivity index is 1.90.